The van der Waals surface area contributed by atoms with Gasteiger partial charge in [0.2, 0.25) is 5.89 Å². The minimum absolute atomic E-state index is 0.106. The van der Waals surface area contributed by atoms with E-state index in [-0.39, 0.29) is 12.1 Å². The summed E-state index contributed by atoms with van der Waals surface area (Å²) in [7, 11) is 0. The van der Waals surface area contributed by atoms with Crippen molar-refractivity contribution in [2.75, 3.05) is 0 Å². The Bertz CT molecular complexity index is 530. The molecule has 0 aliphatic heterocycles. The van der Waals surface area contributed by atoms with Crippen LogP contribution in [0.2, 0.25) is 0 Å². The first-order valence-electron chi connectivity index (χ1n) is 7.37. The number of oxazole rings is 1. The Kier molecular flexibility index (Phi) is 4.96. The van der Waals surface area contributed by atoms with Crippen molar-refractivity contribution in [3.8, 4) is 0 Å². The number of hydrogen-bond donors (Lipinski definition) is 1. The molecule has 1 aromatic heterocycles. The van der Waals surface area contributed by atoms with Gasteiger partial charge in [0.05, 0.1) is 12.2 Å². The summed E-state index contributed by atoms with van der Waals surface area (Å²) in [4.78, 5) is 4.27. The number of aryl methyl sites for hydroxylation is 2. The van der Waals surface area contributed by atoms with E-state index in [1.807, 2.05) is 6.92 Å². The summed E-state index contributed by atoms with van der Waals surface area (Å²) in [6, 6.07) is 9.22. The highest BCUT2D eigenvalue weighted by Crippen LogP contribution is 2.20. The molecular formula is C17H24N2O. The Balaban J connectivity index is 1.98. The smallest absolute Gasteiger partial charge is 0.211 e. The molecule has 0 spiro atoms. The highest BCUT2D eigenvalue weighted by Gasteiger charge is 2.15. The van der Waals surface area contributed by atoms with E-state index in [4.69, 9.17) is 4.42 Å². The Morgan fingerprint density at radius 2 is 1.85 bits per heavy atom. The fourth-order valence-electron chi connectivity index (χ4n) is 2.38. The number of hydrogen-bond acceptors (Lipinski definition) is 3. The largest absolute Gasteiger partial charge is 0.444 e. The standard InChI is InChI=1S/C17H24N2O/c1-5-6-15-7-9-16(10-8-15)13(3)19-14(4)17-18-11-12(2)20-17/h7-11,13-14,19H,5-6H2,1-4H3. The zero-order valence-corrected chi connectivity index (χ0v) is 12.8. The van der Waals surface area contributed by atoms with Gasteiger partial charge in [-0.05, 0) is 38.3 Å². The van der Waals surface area contributed by atoms with Gasteiger partial charge in [0.15, 0.2) is 0 Å². The summed E-state index contributed by atoms with van der Waals surface area (Å²) >= 11 is 0. The Morgan fingerprint density at radius 1 is 1.15 bits per heavy atom. The van der Waals surface area contributed by atoms with Gasteiger partial charge in [-0.15, -0.1) is 0 Å². The van der Waals surface area contributed by atoms with Gasteiger partial charge in [0, 0.05) is 6.04 Å². The maximum absolute atomic E-state index is 5.56. The van der Waals surface area contributed by atoms with Crippen molar-refractivity contribution in [1.29, 1.82) is 0 Å². The summed E-state index contributed by atoms with van der Waals surface area (Å²) in [6.45, 7) is 8.37. The zero-order valence-electron chi connectivity index (χ0n) is 12.8. The van der Waals surface area contributed by atoms with Crippen molar-refractivity contribution < 1.29 is 4.42 Å². The average Bonchev–Trinajstić information content (AvgIpc) is 2.86. The molecule has 2 rings (SSSR count). The van der Waals surface area contributed by atoms with Gasteiger partial charge >= 0.3 is 0 Å². The Labute approximate surface area is 121 Å². The van der Waals surface area contributed by atoms with E-state index < -0.39 is 0 Å². The fraction of sp³-hybridized carbons (Fsp3) is 0.471. The molecule has 108 valence electrons. The lowest BCUT2D eigenvalue weighted by Crippen LogP contribution is -2.22. The van der Waals surface area contributed by atoms with E-state index in [2.05, 4.69) is 55.3 Å². The van der Waals surface area contributed by atoms with Crippen molar-refractivity contribution in [2.24, 2.45) is 0 Å². The average molecular weight is 272 g/mol. The van der Waals surface area contributed by atoms with Crippen LogP contribution in [-0.4, -0.2) is 4.98 Å². The highest BCUT2D eigenvalue weighted by atomic mass is 16.4. The molecule has 0 amide bonds. The first kappa shape index (κ1) is 14.8. The molecular weight excluding hydrogens is 248 g/mol. The second-order valence-corrected chi connectivity index (χ2v) is 5.41. The molecule has 20 heavy (non-hydrogen) atoms. The third kappa shape index (κ3) is 3.70. The van der Waals surface area contributed by atoms with Crippen molar-refractivity contribution >= 4 is 0 Å². The molecule has 0 saturated carbocycles. The van der Waals surface area contributed by atoms with Crippen LogP contribution in [0.1, 0.15) is 62.1 Å². The molecule has 2 unspecified atom stereocenters. The van der Waals surface area contributed by atoms with Crippen LogP contribution in [0.15, 0.2) is 34.9 Å². The van der Waals surface area contributed by atoms with Gasteiger partial charge in [0.1, 0.15) is 5.76 Å². The Hall–Kier alpha value is -1.61. The van der Waals surface area contributed by atoms with Gasteiger partial charge in [0.25, 0.3) is 0 Å². The van der Waals surface area contributed by atoms with Crippen molar-refractivity contribution in [1.82, 2.24) is 10.3 Å². The molecule has 1 N–H and O–H groups in total. The molecule has 3 heteroatoms. The third-order valence-corrected chi connectivity index (χ3v) is 3.53. The predicted molar refractivity (Wildman–Crippen MR) is 81.6 cm³/mol. The second kappa shape index (κ2) is 6.71. The monoisotopic (exact) mass is 272 g/mol. The molecule has 0 bridgehead atoms. The lowest BCUT2D eigenvalue weighted by molar-refractivity contribution is 0.380. The normalized spacial score (nSPS) is 14.2. The van der Waals surface area contributed by atoms with Crippen molar-refractivity contribution in [3.63, 3.8) is 0 Å². The van der Waals surface area contributed by atoms with E-state index in [0.29, 0.717) is 0 Å². The van der Waals surface area contributed by atoms with Gasteiger partial charge in [-0.2, -0.15) is 0 Å². The van der Waals surface area contributed by atoms with Gasteiger partial charge in [-0.1, -0.05) is 37.6 Å². The van der Waals surface area contributed by atoms with E-state index in [9.17, 15) is 0 Å². The van der Waals surface area contributed by atoms with E-state index >= 15 is 0 Å². The van der Waals surface area contributed by atoms with Gasteiger partial charge in [-0.3, -0.25) is 5.32 Å². The van der Waals surface area contributed by atoms with E-state index in [1.54, 1.807) is 6.20 Å². The summed E-state index contributed by atoms with van der Waals surface area (Å²) in [5.41, 5.74) is 2.69. The van der Waals surface area contributed by atoms with Crippen molar-refractivity contribution in [3.05, 3.63) is 53.2 Å². The molecule has 0 saturated heterocycles. The summed E-state index contributed by atoms with van der Waals surface area (Å²) in [6.07, 6.45) is 4.10. The third-order valence-electron chi connectivity index (χ3n) is 3.53. The molecule has 0 radical (unpaired) electrons. The lowest BCUT2D eigenvalue weighted by atomic mass is 10.0. The van der Waals surface area contributed by atoms with Crippen LogP contribution in [-0.2, 0) is 6.42 Å². The first-order valence-corrected chi connectivity index (χ1v) is 7.37. The number of rotatable bonds is 6. The summed E-state index contributed by atoms with van der Waals surface area (Å²) in [5.74, 6) is 1.60. The number of aromatic nitrogens is 1. The maximum Gasteiger partial charge on any atom is 0.211 e. The van der Waals surface area contributed by atoms with Crippen LogP contribution in [0.25, 0.3) is 0 Å². The van der Waals surface area contributed by atoms with E-state index in [0.717, 1.165) is 18.1 Å². The summed E-state index contributed by atoms with van der Waals surface area (Å²) in [5, 5.41) is 3.52. The van der Waals surface area contributed by atoms with Crippen molar-refractivity contribution in [2.45, 2.75) is 52.6 Å². The lowest BCUT2D eigenvalue weighted by Gasteiger charge is -2.18. The number of nitrogens with zero attached hydrogens (tertiary/aromatic N) is 1. The molecule has 2 atom stereocenters. The predicted octanol–water partition coefficient (Wildman–Crippen LogP) is 4.35. The molecule has 2 aromatic rings. The Morgan fingerprint density at radius 3 is 2.40 bits per heavy atom. The van der Waals surface area contributed by atoms with E-state index in [1.165, 1.54) is 17.5 Å². The topological polar surface area (TPSA) is 38.1 Å². The van der Waals surface area contributed by atoms with Crippen LogP contribution < -0.4 is 5.32 Å². The van der Waals surface area contributed by atoms with Crippen LogP contribution in [0.4, 0.5) is 0 Å². The minimum Gasteiger partial charge on any atom is -0.444 e. The number of benzene rings is 1. The zero-order chi connectivity index (χ0) is 14.5. The summed E-state index contributed by atoms with van der Waals surface area (Å²) < 4.78 is 5.56. The molecule has 1 aromatic carbocycles. The fourth-order valence-corrected chi connectivity index (χ4v) is 2.38. The molecule has 3 nitrogen and oxygen atoms in total. The van der Waals surface area contributed by atoms with Gasteiger partial charge < -0.3 is 4.42 Å². The quantitative estimate of drug-likeness (QED) is 0.849. The van der Waals surface area contributed by atoms with Crippen LogP contribution in [0, 0.1) is 6.92 Å². The molecule has 0 aliphatic rings. The molecule has 1 heterocycles. The van der Waals surface area contributed by atoms with Crippen LogP contribution in [0.5, 0.6) is 0 Å². The van der Waals surface area contributed by atoms with Crippen LogP contribution in [0.3, 0.4) is 0 Å². The van der Waals surface area contributed by atoms with Crippen LogP contribution >= 0.6 is 0 Å². The number of nitrogens with one attached hydrogen (secondary N) is 1. The first-order chi connectivity index (χ1) is 9.60. The minimum atomic E-state index is 0.106. The molecule has 0 fully saturated rings. The second-order valence-electron chi connectivity index (χ2n) is 5.41. The SMILES string of the molecule is CCCc1ccc(C(C)NC(C)c2ncc(C)o2)cc1. The van der Waals surface area contributed by atoms with Gasteiger partial charge in [-0.25, -0.2) is 4.98 Å². The molecule has 0 aliphatic carbocycles. The highest BCUT2D eigenvalue weighted by molar-refractivity contribution is 5.25. The maximum atomic E-state index is 5.56.